The SMILES string of the molecule is C1C2C3CC4C2C2C1C3C1(N=N1)C42. The van der Waals surface area contributed by atoms with Crippen LogP contribution in [0.3, 0.4) is 0 Å². The van der Waals surface area contributed by atoms with Gasteiger partial charge < -0.3 is 0 Å². The van der Waals surface area contributed by atoms with E-state index in [1.807, 2.05) is 0 Å². The maximum absolute atomic E-state index is 4.48. The van der Waals surface area contributed by atoms with E-state index in [2.05, 4.69) is 10.2 Å². The minimum absolute atomic E-state index is 0.255. The highest BCUT2D eigenvalue weighted by Crippen LogP contribution is 2.87. The lowest BCUT2D eigenvalue weighted by Crippen LogP contribution is -2.47. The van der Waals surface area contributed by atoms with Crippen LogP contribution in [0.1, 0.15) is 12.8 Å². The number of hydrogen-bond donors (Lipinski definition) is 0. The molecule has 1 heterocycles. The van der Waals surface area contributed by atoms with Crippen molar-refractivity contribution in [3.63, 3.8) is 0 Å². The van der Waals surface area contributed by atoms with Crippen LogP contribution in [0.2, 0.25) is 0 Å². The quantitative estimate of drug-likeness (QED) is 0.533. The number of nitrogens with zero attached hydrogens (tertiary/aromatic N) is 2. The van der Waals surface area contributed by atoms with E-state index in [-0.39, 0.29) is 5.66 Å². The minimum Gasteiger partial charge on any atom is -0.158 e. The Labute approximate surface area is 76.8 Å². The molecular weight excluding hydrogens is 160 g/mol. The molecule has 66 valence electrons. The molecule has 2 nitrogen and oxygen atoms in total. The molecule has 0 saturated heterocycles. The molecule has 6 rings (SSSR count). The van der Waals surface area contributed by atoms with Crippen molar-refractivity contribution < 1.29 is 0 Å². The second-order valence-electron chi connectivity index (χ2n) is 6.32. The van der Waals surface area contributed by atoms with Crippen LogP contribution < -0.4 is 0 Å². The first-order valence-corrected chi connectivity index (χ1v) is 5.86. The van der Waals surface area contributed by atoms with Crippen molar-refractivity contribution in [1.29, 1.82) is 0 Å². The Morgan fingerprint density at radius 1 is 0.769 bits per heavy atom. The summed E-state index contributed by atoms with van der Waals surface area (Å²) in [5.41, 5.74) is 0.255. The van der Waals surface area contributed by atoms with Crippen LogP contribution in [-0.4, -0.2) is 5.66 Å². The fourth-order valence-corrected chi connectivity index (χ4v) is 6.83. The minimum atomic E-state index is 0.255. The zero-order valence-electron chi connectivity index (χ0n) is 7.43. The van der Waals surface area contributed by atoms with Gasteiger partial charge in [0, 0.05) is 11.8 Å². The Morgan fingerprint density at radius 2 is 1.54 bits per heavy atom. The fraction of sp³-hybridized carbons (Fsp3) is 1.00. The smallest absolute Gasteiger partial charge is 0.158 e. The van der Waals surface area contributed by atoms with Crippen LogP contribution in [0.4, 0.5) is 0 Å². The van der Waals surface area contributed by atoms with Crippen LogP contribution in [0.25, 0.3) is 0 Å². The van der Waals surface area contributed by atoms with E-state index >= 15 is 0 Å². The molecule has 5 aliphatic carbocycles. The third-order valence-corrected chi connectivity index (χ3v) is 6.68. The lowest BCUT2D eigenvalue weighted by atomic mass is 9.58. The normalized spacial score (nSPS) is 80.0. The van der Waals surface area contributed by atoms with E-state index in [1.54, 1.807) is 12.8 Å². The zero-order chi connectivity index (χ0) is 7.95. The van der Waals surface area contributed by atoms with Gasteiger partial charge in [0.2, 0.25) is 0 Å². The summed E-state index contributed by atoms with van der Waals surface area (Å²) >= 11 is 0. The lowest BCUT2D eigenvalue weighted by Gasteiger charge is -2.46. The first-order chi connectivity index (χ1) is 6.42. The third kappa shape index (κ3) is 0.291. The number of hydrogen-bond acceptors (Lipinski definition) is 2. The van der Waals surface area contributed by atoms with Crippen molar-refractivity contribution in [2.45, 2.75) is 18.5 Å². The van der Waals surface area contributed by atoms with E-state index < -0.39 is 0 Å². The van der Waals surface area contributed by atoms with Crippen LogP contribution in [0.5, 0.6) is 0 Å². The Morgan fingerprint density at radius 3 is 2.38 bits per heavy atom. The summed E-state index contributed by atoms with van der Waals surface area (Å²) in [6.07, 6.45) is 3.15. The van der Waals surface area contributed by atoms with Gasteiger partial charge in [0.1, 0.15) is 0 Å². The second kappa shape index (κ2) is 1.15. The van der Waals surface area contributed by atoms with E-state index in [9.17, 15) is 0 Å². The van der Waals surface area contributed by atoms with Crippen molar-refractivity contribution in [2.24, 2.45) is 57.6 Å². The summed E-state index contributed by atoms with van der Waals surface area (Å²) in [7, 11) is 0. The summed E-state index contributed by atoms with van der Waals surface area (Å²) in [5.74, 6) is 8.56. The molecule has 8 atom stereocenters. The first kappa shape index (κ1) is 5.47. The molecule has 0 N–H and O–H groups in total. The highest BCUT2D eigenvalue weighted by atomic mass is 15.5. The predicted octanol–water partition coefficient (Wildman–Crippen LogP) is 1.93. The molecular formula is C11H12N2. The van der Waals surface area contributed by atoms with Gasteiger partial charge in [-0.3, -0.25) is 0 Å². The molecule has 2 heteroatoms. The van der Waals surface area contributed by atoms with Crippen molar-refractivity contribution >= 4 is 0 Å². The molecule has 6 aliphatic rings. The van der Waals surface area contributed by atoms with Crippen LogP contribution in [0, 0.1) is 47.3 Å². The summed E-state index contributed by atoms with van der Waals surface area (Å²) in [6, 6.07) is 0. The molecule has 5 fully saturated rings. The van der Waals surface area contributed by atoms with Gasteiger partial charge in [-0.05, 0) is 48.3 Å². The molecule has 0 radical (unpaired) electrons. The average molecular weight is 172 g/mol. The van der Waals surface area contributed by atoms with Crippen molar-refractivity contribution in [2.75, 3.05) is 0 Å². The van der Waals surface area contributed by atoms with Gasteiger partial charge in [-0.2, -0.15) is 10.2 Å². The van der Waals surface area contributed by atoms with Gasteiger partial charge in [-0.15, -0.1) is 0 Å². The molecule has 0 amide bonds. The van der Waals surface area contributed by atoms with E-state index in [0.29, 0.717) is 0 Å². The van der Waals surface area contributed by atoms with Crippen LogP contribution >= 0.6 is 0 Å². The summed E-state index contributed by atoms with van der Waals surface area (Å²) in [6.45, 7) is 0. The Hall–Kier alpha value is -0.400. The molecule has 5 saturated carbocycles. The van der Waals surface area contributed by atoms with Gasteiger partial charge in [0.05, 0.1) is 0 Å². The van der Waals surface area contributed by atoms with Gasteiger partial charge >= 0.3 is 0 Å². The topological polar surface area (TPSA) is 24.7 Å². The van der Waals surface area contributed by atoms with Gasteiger partial charge in [0.25, 0.3) is 0 Å². The monoisotopic (exact) mass is 172 g/mol. The van der Waals surface area contributed by atoms with Gasteiger partial charge in [-0.25, -0.2) is 0 Å². The van der Waals surface area contributed by atoms with Crippen molar-refractivity contribution in [3.8, 4) is 0 Å². The standard InChI is InChI=1S/C11H12N2/c1-3-4-2-5-7(3)8-6(1)9(4)11(10(5)8)12-13-11/h3-10H,1-2H2. The Bertz CT molecular complexity index is 376. The first-order valence-electron chi connectivity index (χ1n) is 5.86. The summed E-state index contributed by atoms with van der Waals surface area (Å²) in [4.78, 5) is 0. The molecule has 8 unspecified atom stereocenters. The molecule has 0 aromatic rings. The molecule has 1 spiro atoms. The molecule has 2 bridgehead atoms. The molecule has 0 aromatic heterocycles. The predicted molar refractivity (Wildman–Crippen MR) is 44.7 cm³/mol. The molecule has 0 aromatic carbocycles. The highest BCUT2D eigenvalue weighted by molar-refractivity contribution is 5.35. The highest BCUT2D eigenvalue weighted by Gasteiger charge is 2.88. The zero-order valence-corrected chi connectivity index (χ0v) is 7.43. The summed E-state index contributed by atoms with van der Waals surface area (Å²) < 4.78 is 0. The third-order valence-electron chi connectivity index (χ3n) is 6.68. The maximum atomic E-state index is 4.48. The Kier molecular flexibility index (Phi) is 0.486. The molecule has 13 heavy (non-hydrogen) atoms. The number of fused-ring (bicyclic) bond motifs is 4. The van der Waals surface area contributed by atoms with E-state index in [0.717, 1.165) is 41.4 Å². The van der Waals surface area contributed by atoms with Gasteiger partial charge in [0.15, 0.2) is 5.66 Å². The van der Waals surface area contributed by atoms with E-state index in [4.69, 9.17) is 0 Å². The molecule has 1 aliphatic heterocycles. The van der Waals surface area contributed by atoms with Gasteiger partial charge in [-0.1, -0.05) is 0 Å². The number of rotatable bonds is 0. The lowest BCUT2D eigenvalue weighted by molar-refractivity contribution is 0.00629. The Balaban J connectivity index is 1.76. The second-order valence-corrected chi connectivity index (χ2v) is 6.32. The van der Waals surface area contributed by atoms with Crippen molar-refractivity contribution in [3.05, 3.63) is 0 Å². The van der Waals surface area contributed by atoms with E-state index in [1.165, 1.54) is 5.92 Å². The maximum Gasteiger partial charge on any atom is 0.197 e. The van der Waals surface area contributed by atoms with Crippen LogP contribution in [-0.2, 0) is 0 Å². The largest absolute Gasteiger partial charge is 0.197 e. The summed E-state index contributed by atoms with van der Waals surface area (Å²) in [5, 5.41) is 8.96. The fourth-order valence-electron chi connectivity index (χ4n) is 6.83. The van der Waals surface area contributed by atoms with Crippen molar-refractivity contribution in [1.82, 2.24) is 0 Å². The average Bonchev–Trinajstić information content (AvgIpc) is 2.54. The van der Waals surface area contributed by atoms with Crippen LogP contribution in [0.15, 0.2) is 10.2 Å².